The van der Waals surface area contributed by atoms with Crippen molar-refractivity contribution < 1.29 is 0 Å². The van der Waals surface area contributed by atoms with E-state index < -0.39 is 0 Å². The monoisotopic (exact) mass is 320 g/mol. The molecule has 0 aliphatic heterocycles. The van der Waals surface area contributed by atoms with E-state index in [2.05, 4.69) is 46.7 Å². The summed E-state index contributed by atoms with van der Waals surface area (Å²) in [7, 11) is 0. The molecule has 100 valence electrons. The van der Waals surface area contributed by atoms with Crippen molar-refractivity contribution in [3.8, 4) is 11.3 Å². The molecule has 1 aromatic carbocycles. The predicted molar refractivity (Wildman–Crippen MR) is 81.2 cm³/mol. The Hall–Kier alpha value is -1.42. The Morgan fingerprint density at radius 2 is 1.84 bits per heavy atom. The number of halogens is 1. The van der Waals surface area contributed by atoms with Crippen LogP contribution in [-0.4, -0.2) is 9.97 Å². The zero-order valence-electron chi connectivity index (χ0n) is 11.3. The van der Waals surface area contributed by atoms with Gasteiger partial charge >= 0.3 is 0 Å². The smallest absolute Gasteiger partial charge is 0.265 e. The largest absolute Gasteiger partial charge is 0.310 e. The first-order chi connectivity index (χ1) is 8.87. The number of rotatable bonds is 2. The molecule has 0 fully saturated rings. The van der Waals surface area contributed by atoms with E-state index in [1.165, 1.54) is 0 Å². The molecule has 0 aliphatic rings. The lowest BCUT2D eigenvalue weighted by atomic mass is 9.92. The fraction of sp³-hybridized carbons (Fsp3) is 0.333. The molecule has 2 aromatic rings. The van der Waals surface area contributed by atoms with Gasteiger partial charge in [0.05, 0.1) is 5.69 Å². The number of benzene rings is 1. The molecule has 0 spiro atoms. The van der Waals surface area contributed by atoms with E-state index in [1.807, 2.05) is 30.3 Å². The Morgan fingerprint density at radius 3 is 2.42 bits per heavy atom. The van der Waals surface area contributed by atoms with E-state index in [4.69, 9.17) is 0 Å². The molecule has 1 heterocycles. The number of nitrogens with zero attached hydrogens (tertiary/aromatic N) is 1. The quantitative estimate of drug-likeness (QED) is 0.915. The molecule has 0 saturated heterocycles. The highest BCUT2D eigenvalue weighted by Crippen LogP contribution is 2.25. The lowest BCUT2D eigenvalue weighted by molar-refractivity contribution is 0.400. The molecule has 0 unspecified atom stereocenters. The van der Waals surface area contributed by atoms with E-state index >= 15 is 0 Å². The van der Waals surface area contributed by atoms with Gasteiger partial charge in [-0.3, -0.25) is 4.79 Å². The first-order valence-corrected chi connectivity index (χ1v) is 7.00. The molecule has 3 nitrogen and oxygen atoms in total. The first-order valence-electron chi connectivity index (χ1n) is 6.21. The highest BCUT2D eigenvalue weighted by molar-refractivity contribution is 9.10. The standard InChI is InChI=1S/C15H17BrN2O/c1-15(2,3)9-11-17-13(12(16)14(19)18-11)10-7-5-4-6-8-10/h4-8H,9H2,1-3H3,(H,17,18,19). The van der Waals surface area contributed by atoms with Crippen LogP contribution < -0.4 is 5.56 Å². The zero-order chi connectivity index (χ0) is 14.0. The minimum atomic E-state index is -0.131. The SMILES string of the molecule is CC(C)(C)Cc1nc(-c2ccccc2)c(Br)c(=O)[nH]1. The molecule has 0 amide bonds. The summed E-state index contributed by atoms with van der Waals surface area (Å²) in [5.74, 6) is 0.722. The summed E-state index contributed by atoms with van der Waals surface area (Å²) >= 11 is 3.32. The average molecular weight is 321 g/mol. The third-order valence-electron chi connectivity index (χ3n) is 2.66. The van der Waals surface area contributed by atoms with Gasteiger partial charge in [0, 0.05) is 12.0 Å². The second-order valence-corrected chi connectivity index (χ2v) is 6.57. The van der Waals surface area contributed by atoms with Crippen molar-refractivity contribution in [2.24, 2.45) is 5.41 Å². The molecule has 0 atom stereocenters. The number of aromatic nitrogens is 2. The maximum Gasteiger partial charge on any atom is 0.265 e. The molecule has 2 rings (SSSR count). The first kappa shape index (κ1) is 14.0. The fourth-order valence-electron chi connectivity index (χ4n) is 1.88. The van der Waals surface area contributed by atoms with Crippen molar-refractivity contribution in [3.63, 3.8) is 0 Å². The molecule has 0 aliphatic carbocycles. The van der Waals surface area contributed by atoms with E-state index in [0.717, 1.165) is 17.8 Å². The summed E-state index contributed by atoms with van der Waals surface area (Å²) in [6.07, 6.45) is 0.732. The van der Waals surface area contributed by atoms with Gasteiger partial charge in [0.2, 0.25) is 0 Å². The van der Waals surface area contributed by atoms with Gasteiger partial charge in [0.15, 0.2) is 0 Å². The summed E-state index contributed by atoms with van der Waals surface area (Å²) in [4.78, 5) is 19.4. The van der Waals surface area contributed by atoms with E-state index in [-0.39, 0.29) is 11.0 Å². The van der Waals surface area contributed by atoms with Crippen molar-refractivity contribution in [2.45, 2.75) is 27.2 Å². The van der Waals surface area contributed by atoms with Gasteiger partial charge in [0.1, 0.15) is 10.3 Å². The second kappa shape index (κ2) is 5.29. The normalized spacial score (nSPS) is 11.6. The van der Waals surface area contributed by atoms with Crippen LogP contribution in [0.2, 0.25) is 0 Å². The Labute approximate surface area is 121 Å². The van der Waals surface area contributed by atoms with Crippen LogP contribution in [0.4, 0.5) is 0 Å². The van der Waals surface area contributed by atoms with Crippen LogP contribution in [0.15, 0.2) is 39.6 Å². The third kappa shape index (κ3) is 3.53. The van der Waals surface area contributed by atoms with Crippen LogP contribution in [0.5, 0.6) is 0 Å². The molecule has 1 N–H and O–H groups in total. The van der Waals surface area contributed by atoms with Gasteiger partial charge < -0.3 is 4.98 Å². The minimum Gasteiger partial charge on any atom is -0.310 e. The average Bonchev–Trinajstić information content (AvgIpc) is 2.33. The topological polar surface area (TPSA) is 45.8 Å². The van der Waals surface area contributed by atoms with Gasteiger partial charge in [-0.05, 0) is 21.3 Å². The summed E-state index contributed by atoms with van der Waals surface area (Å²) < 4.78 is 0.483. The van der Waals surface area contributed by atoms with E-state index in [1.54, 1.807) is 0 Å². The summed E-state index contributed by atoms with van der Waals surface area (Å²) in [5, 5.41) is 0. The molecule has 19 heavy (non-hydrogen) atoms. The molecule has 1 aromatic heterocycles. The summed E-state index contributed by atoms with van der Waals surface area (Å²) in [6.45, 7) is 6.37. The Bertz CT molecular complexity index is 627. The van der Waals surface area contributed by atoms with Gasteiger partial charge in [-0.15, -0.1) is 0 Å². The van der Waals surface area contributed by atoms with Gasteiger partial charge in [-0.2, -0.15) is 0 Å². The summed E-state index contributed by atoms with van der Waals surface area (Å²) in [6, 6.07) is 9.73. The predicted octanol–water partition coefficient (Wildman–Crippen LogP) is 3.79. The number of hydrogen-bond acceptors (Lipinski definition) is 2. The maximum absolute atomic E-state index is 12.0. The van der Waals surface area contributed by atoms with Crippen molar-refractivity contribution >= 4 is 15.9 Å². The maximum atomic E-state index is 12.0. The van der Waals surface area contributed by atoms with Crippen molar-refractivity contribution in [1.82, 2.24) is 9.97 Å². The van der Waals surface area contributed by atoms with Crippen molar-refractivity contribution in [3.05, 3.63) is 51.0 Å². The highest BCUT2D eigenvalue weighted by Gasteiger charge is 2.16. The van der Waals surface area contributed by atoms with Crippen molar-refractivity contribution in [2.75, 3.05) is 0 Å². The number of nitrogens with one attached hydrogen (secondary N) is 1. The lowest BCUT2D eigenvalue weighted by Crippen LogP contribution is -2.19. The molecule has 4 heteroatoms. The fourth-order valence-corrected chi connectivity index (χ4v) is 2.30. The number of aromatic amines is 1. The van der Waals surface area contributed by atoms with Gasteiger partial charge in [0.25, 0.3) is 5.56 Å². The Morgan fingerprint density at radius 1 is 1.21 bits per heavy atom. The van der Waals surface area contributed by atoms with Crippen molar-refractivity contribution in [1.29, 1.82) is 0 Å². The van der Waals surface area contributed by atoms with Crippen LogP contribution >= 0.6 is 15.9 Å². The van der Waals surface area contributed by atoms with Gasteiger partial charge in [-0.1, -0.05) is 51.1 Å². The lowest BCUT2D eigenvalue weighted by Gasteiger charge is -2.17. The van der Waals surface area contributed by atoms with E-state index in [9.17, 15) is 4.79 Å². The van der Waals surface area contributed by atoms with Crippen LogP contribution in [0.3, 0.4) is 0 Å². The molecular formula is C15H17BrN2O. The van der Waals surface area contributed by atoms with Crippen LogP contribution in [0, 0.1) is 5.41 Å². The van der Waals surface area contributed by atoms with E-state index in [0.29, 0.717) is 10.2 Å². The molecular weight excluding hydrogens is 304 g/mol. The van der Waals surface area contributed by atoms with Gasteiger partial charge in [-0.25, -0.2) is 4.98 Å². The van der Waals surface area contributed by atoms with Crippen LogP contribution in [0.25, 0.3) is 11.3 Å². The molecule has 0 saturated carbocycles. The Kier molecular flexibility index (Phi) is 3.90. The molecule has 0 radical (unpaired) electrons. The minimum absolute atomic E-state index is 0.0811. The number of H-pyrrole nitrogens is 1. The van der Waals surface area contributed by atoms with Crippen LogP contribution in [-0.2, 0) is 6.42 Å². The van der Waals surface area contributed by atoms with Crippen LogP contribution in [0.1, 0.15) is 26.6 Å². The second-order valence-electron chi connectivity index (χ2n) is 5.78. The highest BCUT2D eigenvalue weighted by atomic mass is 79.9. The molecule has 0 bridgehead atoms. The third-order valence-corrected chi connectivity index (χ3v) is 3.39. The summed E-state index contributed by atoms with van der Waals surface area (Å²) in [5.41, 5.74) is 1.59. The zero-order valence-corrected chi connectivity index (χ0v) is 12.9. The number of hydrogen-bond donors (Lipinski definition) is 1. The Balaban J connectivity index is 2.53.